The molecule has 34 heavy (non-hydrogen) atoms. The van der Waals surface area contributed by atoms with Gasteiger partial charge < -0.3 is 23.7 Å². The van der Waals surface area contributed by atoms with E-state index in [2.05, 4.69) is 0 Å². The van der Waals surface area contributed by atoms with Gasteiger partial charge in [0.15, 0.2) is 6.10 Å². The molecule has 3 unspecified atom stereocenters. The summed E-state index contributed by atoms with van der Waals surface area (Å²) >= 11 is 0. The maximum absolute atomic E-state index is 12.7. The first-order valence-electron chi connectivity index (χ1n) is 11.4. The van der Waals surface area contributed by atoms with Gasteiger partial charge in [-0.15, -0.1) is 0 Å². The number of methoxy groups -OCH3 is 1. The maximum Gasteiger partial charge on any atom is 0.338 e. The summed E-state index contributed by atoms with van der Waals surface area (Å²) in [4.78, 5) is 12.7. The van der Waals surface area contributed by atoms with Crippen LogP contribution in [0.2, 0.25) is 0 Å². The van der Waals surface area contributed by atoms with Gasteiger partial charge in [-0.1, -0.05) is 78.9 Å². The Morgan fingerprint density at radius 2 is 1.41 bits per heavy atom. The second-order valence-electron chi connectivity index (χ2n) is 8.14. The molecule has 4 atom stereocenters. The van der Waals surface area contributed by atoms with E-state index in [9.17, 15) is 4.79 Å². The van der Waals surface area contributed by atoms with E-state index in [4.69, 9.17) is 23.7 Å². The second kappa shape index (κ2) is 12.4. The molecule has 0 aliphatic carbocycles. The van der Waals surface area contributed by atoms with Crippen molar-refractivity contribution >= 4 is 5.97 Å². The summed E-state index contributed by atoms with van der Waals surface area (Å²) in [7, 11) is 1.61. The van der Waals surface area contributed by atoms with Crippen LogP contribution in [0.3, 0.4) is 0 Å². The first-order valence-corrected chi connectivity index (χ1v) is 11.4. The molecule has 1 fully saturated rings. The molecule has 6 heteroatoms. The van der Waals surface area contributed by atoms with Gasteiger partial charge in [0, 0.05) is 7.11 Å². The molecule has 1 aliphatic heterocycles. The highest BCUT2D eigenvalue weighted by Crippen LogP contribution is 2.26. The number of ether oxygens (including phenoxy) is 5. The van der Waals surface area contributed by atoms with Crippen LogP contribution in [0, 0.1) is 0 Å². The minimum absolute atomic E-state index is 0.192. The Labute approximate surface area is 200 Å². The fraction of sp³-hybridized carbons (Fsp3) is 0.321. The molecule has 0 N–H and O–H groups in total. The number of carbonyl (C=O) groups excluding carboxylic acids is 1. The number of hydrogen-bond donors (Lipinski definition) is 0. The van der Waals surface area contributed by atoms with Crippen LogP contribution in [0.4, 0.5) is 0 Å². The highest BCUT2D eigenvalue weighted by atomic mass is 16.6. The van der Waals surface area contributed by atoms with Gasteiger partial charge in [-0.05, 0) is 23.3 Å². The lowest BCUT2D eigenvalue weighted by Gasteiger charge is -2.41. The molecule has 0 bridgehead atoms. The molecule has 0 amide bonds. The zero-order valence-electron chi connectivity index (χ0n) is 19.2. The fourth-order valence-electron chi connectivity index (χ4n) is 3.98. The summed E-state index contributed by atoms with van der Waals surface area (Å²) in [6.45, 7) is 1.36. The lowest BCUT2D eigenvalue weighted by atomic mass is 9.99. The van der Waals surface area contributed by atoms with Crippen molar-refractivity contribution in [2.24, 2.45) is 0 Å². The summed E-state index contributed by atoms with van der Waals surface area (Å²) in [5, 5.41) is 0. The van der Waals surface area contributed by atoms with E-state index >= 15 is 0 Å². The molecular formula is C28H30O6. The highest BCUT2D eigenvalue weighted by molar-refractivity contribution is 5.89. The van der Waals surface area contributed by atoms with E-state index < -0.39 is 24.3 Å². The van der Waals surface area contributed by atoms with Crippen LogP contribution < -0.4 is 0 Å². The van der Waals surface area contributed by atoms with Crippen LogP contribution in [0.5, 0.6) is 0 Å². The molecule has 0 saturated carbocycles. The molecule has 3 aromatic carbocycles. The summed E-state index contributed by atoms with van der Waals surface area (Å²) in [6, 6.07) is 28.7. The third-order valence-corrected chi connectivity index (χ3v) is 5.75. The van der Waals surface area contributed by atoms with Gasteiger partial charge in [0.25, 0.3) is 0 Å². The molecule has 0 radical (unpaired) electrons. The number of hydrogen-bond acceptors (Lipinski definition) is 6. The topological polar surface area (TPSA) is 63.2 Å². The predicted octanol–water partition coefficient (Wildman–Crippen LogP) is 4.43. The molecule has 1 saturated heterocycles. The number of esters is 1. The van der Waals surface area contributed by atoms with E-state index in [1.807, 2.05) is 66.7 Å². The van der Waals surface area contributed by atoms with Gasteiger partial charge in [-0.2, -0.15) is 0 Å². The molecule has 1 heterocycles. The smallest absolute Gasteiger partial charge is 0.338 e. The Morgan fingerprint density at radius 1 is 0.824 bits per heavy atom. The standard InChI is InChI=1S/C28H30O6/c1-30-26-24(19-31-17-21-11-5-2-6-12-21)32-20-25(34-28(29)23-15-9-4-10-16-23)27(26)33-18-22-13-7-3-8-14-22/h2-16,24-27H,17-20H2,1H3/t24?,25?,26-,27?/m1/s1. The van der Waals surface area contributed by atoms with Crippen molar-refractivity contribution in [3.8, 4) is 0 Å². The van der Waals surface area contributed by atoms with Crippen molar-refractivity contribution in [3.63, 3.8) is 0 Å². The first-order chi connectivity index (χ1) is 16.7. The van der Waals surface area contributed by atoms with Crippen molar-refractivity contribution in [2.75, 3.05) is 20.3 Å². The van der Waals surface area contributed by atoms with Crippen LogP contribution in [-0.4, -0.2) is 50.7 Å². The SMILES string of the molecule is CO[C@@H]1C(COCc2ccccc2)OCC(OC(=O)c2ccccc2)C1OCc1ccccc1. The summed E-state index contributed by atoms with van der Waals surface area (Å²) in [5.41, 5.74) is 2.58. The molecule has 178 valence electrons. The van der Waals surface area contributed by atoms with Crippen LogP contribution in [0.25, 0.3) is 0 Å². The summed E-state index contributed by atoms with van der Waals surface area (Å²) in [5.74, 6) is -0.420. The average Bonchev–Trinajstić information content (AvgIpc) is 2.90. The van der Waals surface area contributed by atoms with Crippen molar-refractivity contribution in [3.05, 3.63) is 108 Å². The van der Waals surface area contributed by atoms with Crippen molar-refractivity contribution < 1.29 is 28.5 Å². The minimum atomic E-state index is -0.619. The first kappa shape index (κ1) is 24.1. The Morgan fingerprint density at radius 3 is 2.03 bits per heavy atom. The monoisotopic (exact) mass is 462 g/mol. The van der Waals surface area contributed by atoms with Gasteiger partial charge in [0.05, 0.1) is 32.0 Å². The van der Waals surface area contributed by atoms with E-state index in [1.54, 1.807) is 31.4 Å². The summed E-state index contributed by atoms with van der Waals surface area (Å²) < 4.78 is 29.9. The van der Waals surface area contributed by atoms with Crippen LogP contribution in [0.15, 0.2) is 91.0 Å². The largest absolute Gasteiger partial charge is 0.453 e. The Bertz CT molecular complexity index is 995. The van der Waals surface area contributed by atoms with Gasteiger partial charge in [0.2, 0.25) is 0 Å². The molecule has 4 rings (SSSR count). The third-order valence-electron chi connectivity index (χ3n) is 5.75. The lowest BCUT2D eigenvalue weighted by Crippen LogP contribution is -2.57. The average molecular weight is 463 g/mol. The van der Waals surface area contributed by atoms with E-state index in [1.165, 1.54) is 0 Å². The van der Waals surface area contributed by atoms with Gasteiger partial charge in [-0.25, -0.2) is 4.79 Å². The maximum atomic E-state index is 12.7. The van der Waals surface area contributed by atoms with Crippen molar-refractivity contribution in [1.82, 2.24) is 0 Å². The van der Waals surface area contributed by atoms with E-state index in [0.29, 0.717) is 25.4 Å². The van der Waals surface area contributed by atoms with Gasteiger partial charge in [0.1, 0.15) is 18.3 Å². The van der Waals surface area contributed by atoms with E-state index in [-0.39, 0.29) is 12.7 Å². The lowest BCUT2D eigenvalue weighted by molar-refractivity contribution is -0.225. The van der Waals surface area contributed by atoms with E-state index in [0.717, 1.165) is 11.1 Å². The number of carbonyl (C=O) groups is 1. The zero-order valence-corrected chi connectivity index (χ0v) is 19.2. The minimum Gasteiger partial charge on any atom is -0.453 e. The quantitative estimate of drug-likeness (QED) is 0.416. The molecular weight excluding hydrogens is 432 g/mol. The number of benzene rings is 3. The van der Waals surface area contributed by atoms with Gasteiger partial charge >= 0.3 is 5.97 Å². The van der Waals surface area contributed by atoms with Crippen molar-refractivity contribution in [1.29, 1.82) is 0 Å². The van der Waals surface area contributed by atoms with Crippen molar-refractivity contribution in [2.45, 2.75) is 37.6 Å². The van der Waals surface area contributed by atoms with Crippen LogP contribution >= 0.6 is 0 Å². The molecule has 1 aliphatic rings. The normalized spacial score (nSPS) is 22.3. The molecule has 0 aromatic heterocycles. The highest BCUT2D eigenvalue weighted by Gasteiger charge is 2.44. The fourth-order valence-corrected chi connectivity index (χ4v) is 3.98. The number of rotatable bonds is 10. The Kier molecular flexibility index (Phi) is 8.82. The predicted molar refractivity (Wildman–Crippen MR) is 127 cm³/mol. The Balaban J connectivity index is 1.44. The Hall–Kier alpha value is -3.03. The third kappa shape index (κ3) is 6.52. The van der Waals surface area contributed by atoms with Gasteiger partial charge in [-0.3, -0.25) is 0 Å². The zero-order chi connectivity index (χ0) is 23.6. The van der Waals surface area contributed by atoms with Crippen LogP contribution in [-0.2, 0) is 36.9 Å². The van der Waals surface area contributed by atoms with Crippen LogP contribution in [0.1, 0.15) is 21.5 Å². The molecule has 3 aromatic rings. The molecule has 6 nitrogen and oxygen atoms in total. The molecule has 0 spiro atoms. The summed E-state index contributed by atoms with van der Waals surface area (Å²) in [6.07, 6.45) is -1.97. The second-order valence-corrected chi connectivity index (χ2v) is 8.14.